The number of rotatable bonds is 3. The van der Waals surface area contributed by atoms with Crippen molar-refractivity contribution >= 4 is 12.1 Å². The van der Waals surface area contributed by atoms with E-state index in [1.54, 1.807) is 6.20 Å². The number of benzene rings is 1. The van der Waals surface area contributed by atoms with E-state index in [9.17, 15) is 4.79 Å². The Labute approximate surface area is 101 Å². The van der Waals surface area contributed by atoms with Crippen molar-refractivity contribution in [3.8, 4) is 0 Å². The minimum absolute atomic E-state index is 0.0156. The van der Waals surface area contributed by atoms with Crippen LogP contribution in [0.1, 0.15) is 31.4 Å². The minimum Gasteiger partial charge on any atom is -0.346 e. The molecule has 3 nitrogen and oxygen atoms in total. The first-order chi connectivity index (χ1) is 8.27. The lowest BCUT2D eigenvalue weighted by Crippen LogP contribution is -2.28. The van der Waals surface area contributed by atoms with Gasteiger partial charge in [-0.1, -0.05) is 30.3 Å². The fourth-order valence-electron chi connectivity index (χ4n) is 1.79. The summed E-state index contributed by atoms with van der Waals surface area (Å²) >= 11 is 0. The van der Waals surface area contributed by atoms with Crippen LogP contribution in [0.5, 0.6) is 0 Å². The quantitative estimate of drug-likeness (QED) is 0.848. The second kappa shape index (κ2) is 5.43. The summed E-state index contributed by atoms with van der Waals surface area (Å²) in [5.74, 6) is -0.0156. The maximum Gasteiger partial charge on any atom is 0.249 e. The van der Waals surface area contributed by atoms with Gasteiger partial charge < -0.3 is 5.32 Å². The van der Waals surface area contributed by atoms with Gasteiger partial charge in [-0.05, 0) is 25.3 Å². The van der Waals surface area contributed by atoms with E-state index in [2.05, 4.69) is 10.3 Å². The standard InChI is InChI=1S/C14H16N2O/c1-11(12-6-3-2-4-7-12)16-14(17)13-8-5-9-15-10-13/h2-4,6-7,9-11H,5,8H2,1H3,(H,16,17). The number of carbonyl (C=O) groups excluding carboxylic acids is 1. The van der Waals surface area contributed by atoms with Crippen molar-refractivity contribution in [2.24, 2.45) is 4.99 Å². The molecule has 0 spiro atoms. The smallest absolute Gasteiger partial charge is 0.249 e. The number of aliphatic imine (C=N–C) groups is 1. The van der Waals surface area contributed by atoms with Gasteiger partial charge in [0.05, 0.1) is 6.04 Å². The van der Waals surface area contributed by atoms with Gasteiger partial charge in [-0.15, -0.1) is 0 Å². The lowest BCUT2D eigenvalue weighted by molar-refractivity contribution is -0.118. The van der Waals surface area contributed by atoms with E-state index in [0.29, 0.717) is 0 Å². The van der Waals surface area contributed by atoms with Gasteiger partial charge in [0.25, 0.3) is 0 Å². The van der Waals surface area contributed by atoms with Crippen LogP contribution in [0.15, 0.2) is 47.1 Å². The molecule has 0 saturated heterocycles. The van der Waals surface area contributed by atoms with Gasteiger partial charge in [0.15, 0.2) is 0 Å². The van der Waals surface area contributed by atoms with E-state index in [4.69, 9.17) is 0 Å². The van der Waals surface area contributed by atoms with E-state index in [-0.39, 0.29) is 11.9 Å². The molecule has 1 heterocycles. The monoisotopic (exact) mass is 228 g/mol. The fraction of sp³-hybridized carbons (Fsp3) is 0.286. The molecular formula is C14H16N2O. The summed E-state index contributed by atoms with van der Waals surface area (Å²) < 4.78 is 0. The maximum atomic E-state index is 11.9. The van der Waals surface area contributed by atoms with E-state index < -0.39 is 0 Å². The normalized spacial score (nSPS) is 16.2. The molecule has 0 bridgehead atoms. The minimum atomic E-state index is -0.0156. The van der Waals surface area contributed by atoms with Crippen LogP contribution in [-0.2, 0) is 4.79 Å². The summed E-state index contributed by atoms with van der Waals surface area (Å²) in [7, 11) is 0. The summed E-state index contributed by atoms with van der Waals surface area (Å²) in [6.45, 7) is 1.99. The molecule has 3 heteroatoms. The Kier molecular flexibility index (Phi) is 3.70. The van der Waals surface area contributed by atoms with Crippen molar-refractivity contribution in [2.75, 3.05) is 0 Å². The molecule has 1 aromatic rings. The topological polar surface area (TPSA) is 41.5 Å². The molecule has 1 aliphatic rings. The molecule has 88 valence electrons. The van der Waals surface area contributed by atoms with E-state index in [1.165, 1.54) is 0 Å². The van der Waals surface area contributed by atoms with Crippen LogP contribution in [0.4, 0.5) is 0 Å². The average Bonchev–Trinajstić information content (AvgIpc) is 2.40. The lowest BCUT2D eigenvalue weighted by atomic mass is 10.1. The number of nitrogens with one attached hydrogen (secondary N) is 1. The summed E-state index contributed by atoms with van der Waals surface area (Å²) in [5.41, 5.74) is 1.87. The number of nitrogens with zero attached hydrogens (tertiary/aromatic N) is 1. The van der Waals surface area contributed by atoms with Crippen molar-refractivity contribution in [2.45, 2.75) is 25.8 Å². The molecule has 0 radical (unpaired) electrons. The third kappa shape index (κ3) is 3.03. The highest BCUT2D eigenvalue weighted by molar-refractivity contribution is 5.94. The van der Waals surface area contributed by atoms with E-state index in [0.717, 1.165) is 24.0 Å². The van der Waals surface area contributed by atoms with Gasteiger partial charge in [-0.25, -0.2) is 0 Å². The molecule has 1 aliphatic heterocycles. The van der Waals surface area contributed by atoms with E-state index >= 15 is 0 Å². The number of hydrogen-bond donors (Lipinski definition) is 1. The SMILES string of the molecule is CC(NC(=O)C1=CN=CCC1)c1ccccc1. The van der Waals surface area contributed by atoms with Crippen LogP contribution in [-0.4, -0.2) is 12.1 Å². The lowest BCUT2D eigenvalue weighted by Gasteiger charge is -2.16. The van der Waals surface area contributed by atoms with Crippen LogP contribution >= 0.6 is 0 Å². The second-order valence-corrected chi connectivity index (χ2v) is 4.13. The Bertz CT molecular complexity index is 449. The second-order valence-electron chi connectivity index (χ2n) is 4.13. The zero-order chi connectivity index (χ0) is 12.1. The zero-order valence-corrected chi connectivity index (χ0v) is 9.89. The Hall–Kier alpha value is -1.90. The summed E-state index contributed by atoms with van der Waals surface area (Å²) in [5, 5.41) is 2.98. The Morgan fingerprint density at radius 1 is 1.35 bits per heavy atom. The molecule has 0 aromatic heterocycles. The highest BCUT2D eigenvalue weighted by Gasteiger charge is 2.14. The highest BCUT2D eigenvalue weighted by Crippen LogP contribution is 2.14. The third-order valence-corrected chi connectivity index (χ3v) is 2.82. The molecule has 1 unspecified atom stereocenters. The zero-order valence-electron chi connectivity index (χ0n) is 9.89. The molecule has 1 amide bonds. The summed E-state index contributed by atoms with van der Waals surface area (Å²) in [6, 6.07) is 9.97. The maximum absolute atomic E-state index is 11.9. The Morgan fingerprint density at radius 3 is 2.76 bits per heavy atom. The van der Waals surface area contributed by atoms with E-state index in [1.807, 2.05) is 43.5 Å². The largest absolute Gasteiger partial charge is 0.346 e. The molecule has 2 rings (SSSR count). The van der Waals surface area contributed by atoms with Gasteiger partial charge in [-0.2, -0.15) is 0 Å². The summed E-state index contributed by atoms with van der Waals surface area (Å²) in [4.78, 5) is 15.9. The predicted octanol–water partition coefficient (Wildman–Crippen LogP) is 2.61. The first-order valence-electron chi connectivity index (χ1n) is 5.84. The van der Waals surface area contributed by atoms with Crippen molar-refractivity contribution in [1.29, 1.82) is 0 Å². The Balaban J connectivity index is 1.99. The summed E-state index contributed by atoms with van der Waals surface area (Å²) in [6.07, 6.45) is 5.10. The first kappa shape index (κ1) is 11.6. The van der Waals surface area contributed by atoms with Gasteiger partial charge >= 0.3 is 0 Å². The van der Waals surface area contributed by atoms with Crippen LogP contribution in [0, 0.1) is 0 Å². The van der Waals surface area contributed by atoms with Gasteiger partial charge in [0.1, 0.15) is 0 Å². The van der Waals surface area contributed by atoms with Crippen molar-refractivity contribution in [1.82, 2.24) is 5.32 Å². The number of amides is 1. The molecule has 1 aromatic carbocycles. The average molecular weight is 228 g/mol. The highest BCUT2D eigenvalue weighted by atomic mass is 16.1. The first-order valence-corrected chi connectivity index (χ1v) is 5.84. The predicted molar refractivity (Wildman–Crippen MR) is 68.8 cm³/mol. The molecular weight excluding hydrogens is 212 g/mol. The van der Waals surface area contributed by atoms with Crippen LogP contribution in [0.25, 0.3) is 0 Å². The molecule has 17 heavy (non-hydrogen) atoms. The molecule has 1 N–H and O–H groups in total. The molecule has 0 aliphatic carbocycles. The van der Waals surface area contributed by atoms with Crippen LogP contribution in [0.2, 0.25) is 0 Å². The van der Waals surface area contributed by atoms with Gasteiger partial charge in [0, 0.05) is 18.0 Å². The van der Waals surface area contributed by atoms with Gasteiger partial charge in [0.2, 0.25) is 5.91 Å². The van der Waals surface area contributed by atoms with Crippen molar-refractivity contribution in [3.63, 3.8) is 0 Å². The molecule has 0 fully saturated rings. The van der Waals surface area contributed by atoms with Crippen LogP contribution in [0.3, 0.4) is 0 Å². The Morgan fingerprint density at radius 2 is 2.12 bits per heavy atom. The van der Waals surface area contributed by atoms with Crippen molar-refractivity contribution < 1.29 is 4.79 Å². The molecule has 1 atom stereocenters. The van der Waals surface area contributed by atoms with Crippen molar-refractivity contribution in [3.05, 3.63) is 47.7 Å². The van der Waals surface area contributed by atoms with Gasteiger partial charge in [-0.3, -0.25) is 9.79 Å². The number of carbonyl (C=O) groups is 1. The number of hydrogen-bond acceptors (Lipinski definition) is 2. The van der Waals surface area contributed by atoms with Crippen LogP contribution < -0.4 is 5.32 Å². The fourth-order valence-corrected chi connectivity index (χ4v) is 1.79. The third-order valence-electron chi connectivity index (χ3n) is 2.82. The molecule has 0 saturated carbocycles.